The van der Waals surface area contributed by atoms with Crippen molar-refractivity contribution in [2.24, 2.45) is 11.8 Å². The zero-order chi connectivity index (χ0) is 16.3. The van der Waals surface area contributed by atoms with Gasteiger partial charge in [-0.3, -0.25) is 0 Å². The molecule has 0 aromatic carbocycles. The van der Waals surface area contributed by atoms with E-state index in [1.54, 1.807) is 11.4 Å². The molecule has 6 nitrogen and oxygen atoms in total. The number of fused-ring (bicyclic) bond motifs is 1. The van der Waals surface area contributed by atoms with Gasteiger partial charge in [-0.2, -0.15) is 12.7 Å². The van der Waals surface area contributed by atoms with Crippen LogP contribution in [0.15, 0.2) is 0 Å². The number of hydrogen-bond acceptors (Lipinski definition) is 4. The second-order valence-electron chi connectivity index (χ2n) is 7.52. The second kappa shape index (κ2) is 8.64. The van der Waals surface area contributed by atoms with Gasteiger partial charge in [0.05, 0.1) is 12.1 Å². The van der Waals surface area contributed by atoms with Gasteiger partial charge in [0.25, 0.3) is 10.2 Å². The predicted octanol–water partition coefficient (Wildman–Crippen LogP) is 1.52. The van der Waals surface area contributed by atoms with E-state index in [0.29, 0.717) is 32.2 Å². The van der Waals surface area contributed by atoms with Crippen LogP contribution in [0, 0.1) is 11.8 Å². The van der Waals surface area contributed by atoms with Crippen molar-refractivity contribution in [3.63, 3.8) is 0 Å². The summed E-state index contributed by atoms with van der Waals surface area (Å²) in [5, 5.41) is 3.42. The molecule has 3 aliphatic rings. The fourth-order valence-electron chi connectivity index (χ4n) is 4.58. The maximum atomic E-state index is 12.7. The standard InChI is InChI=1S/C16H31N3O3S.ClH/c1-22-13-16(8-4-9-17-16)12-18-23(20,21)19-10-7-14-5-2-3-6-15(14)11-19;/h14-15,17-18H,2-13H2,1H3;1H. The van der Waals surface area contributed by atoms with Crippen LogP contribution >= 0.6 is 12.4 Å². The Labute approximate surface area is 152 Å². The minimum absolute atomic E-state index is 0. The maximum Gasteiger partial charge on any atom is 0.279 e. The van der Waals surface area contributed by atoms with Crippen LogP contribution in [0.25, 0.3) is 0 Å². The van der Waals surface area contributed by atoms with E-state index in [1.807, 2.05) is 0 Å². The first kappa shape index (κ1) is 20.4. The van der Waals surface area contributed by atoms with Gasteiger partial charge in [0.15, 0.2) is 0 Å². The van der Waals surface area contributed by atoms with Gasteiger partial charge in [-0.15, -0.1) is 12.4 Å². The van der Waals surface area contributed by atoms with E-state index in [-0.39, 0.29) is 17.9 Å². The average Bonchev–Trinajstić information content (AvgIpc) is 3.02. The van der Waals surface area contributed by atoms with Crippen LogP contribution in [-0.4, -0.2) is 58.2 Å². The number of hydrogen-bond donors (Lipinski definition) is 2. The van der Waals surface area contributed by atoms with Crippen molar-refractivity contribution >= 4 is 22.6 Å². The number of piperidine rings is 1. The highest BCUT2D eigenvalue weighted by molar-refractivity contribution is 7.87. The smallest absolute Gasteiger partial charge is 0.279 e. The summed E-state index contributed by atoms with van der Waals surface area (Å²) in [6.07, 6.45) is 8.08. The van der Waals surface area contributed by atoms with Gasteiger partial charge >= 0.3 is 0 Å². The number of nitrogens with one attached hydrogen (secondary N) is 2. The molecule has 1 saturated carbocycles. The average molecular weight is 382 g/mol. The van der Waals surface area contributed by atoms with Crippen molar-refractivity contribution < 1.29 is 13.2 Å². The van der Waals surface area contributed by atoms with Gasteiger partial charge in [-0.25, -0.2) is 4.72 Å². The minimum Gasteiger partial charge on any atom is -0.383 e. The summed E-state index contributed by atoms with van der Waals surface area (Å²) >= 11 is 0. The van der Waals surface area contributed by atoms with Crippen LogP contribution < -0.4 is 10.0 Å². The van der Waals surface area contributed by atoms with Crippen molar-refractivity contribution in [2.45, 2.75) is 50.5 Å². The molecule has 2 N–H and O–H groups in total. The van der Waals surface area contributed by atoms with Crippen LogP contribution in [-0.2, 0) is 14.9 Å². The highest BCUT2D eigenvalue weighted by Gasteiger charge is 2.38. The molecule has 3 rings (SSSR count). The van der Waals surface area contributed by atoms with Crippen molar-refractivity contribution in [3.05, 3.63) is 0 Å². The zero-order valence-electron chi connectivity index (χ0n) is 14.6. The number of nitrogens with zero attached hydrogens (tertiary/aromatic N) is 1. The monoisotopic (exact) mass is 381 g/mol. The molecule has 3 unspecified atom stereocenters. The molecule has 24 heavy (non-hydrogen) atoms. The summed E-state index contributed by atoms with van der Waals surface area (Å²) in [5.74, 6) is 1.30. The molecule has 1 aliphatic carbocycles. The van der Waals surface area contributed by atoms with Crippen molar-refractivity contribution in [1.82, 2.24) is 14.3 Å². The molecule has 0 spiro atoms. The summed E-state index contributed by atoms with van der Waals surface area (Å²) in [7, 11) is -1.72. The topological polar surface area (TPSA) is 70.7 Å². The van der Waals surface area contributed by atoms with E-state index >= 15 is 0 Å². The van der Waals surface area contributed by atoms with Gasteiger partial charge in [0, 0.05) is 26.7 Å². The highest BCUT2D eigenvalue weighted by Crippen LogP contribution is 2.36. The number of methoxy groups -OCH3 is 1. The molecule has 142 valence electrons. The quantitative estimate of drug-likeness (QED) is 0.731. The van der Waals surface area contributed by atoms with Gasteiger partial charge < -0.3 is 10.1 Å². The zero-order valence-corrected chi connectivity index (χ0v) is 16.3. The maximum absolute atomic E-state index is 12.7. The summed E-state index contributed by atoms with van der Waals surface area (Å²) in [6.45, 7) is 3.25. The molecule has 0 bridgehead atoms. The Morgan fingerprint density at radius 2 is 1.96 bits per heavy atom. The summed E-state index contributed by atoms with van der Waals surface area (Å²) in [6, 6.07) is 0. The van der Waals surface area contributed by atoms with Crippen molar-refractivity contribution in [2.75, 3.05) is 39.9 Å². The molecule has 0 amide bonds. The normalized spacial score (nSPS) is 34.5. The molecule has 3 fully saturated rings. The van der Waals surface area contributed by atoms with Crippen LogP contribution in [0.5, 0.6) is 0 Å². The molecule has 3 atom stereocenters. The fraction of sp³-hybridized carbons (Fsp3) is 1.00. The Balaban J connectivity index is 0.00000208. The van der Waals surface area contributed by atoms with Gasteiger partial charge in [0.1, 0.15) is 0 Å². The van der Waals surface area contributed by atoms with Crippen molar-refractivity contribution in [1.29, 1.82) is 0 Å². The number of ether oxygens (including phenoxy) is 1. The molecule has 2 aliphatic heterocycles. The summed E-state index contributed by atoms with van der Waals surface area (Å²) in [5.41, 5.74) is -0.245. The molecular formula is C16H32ClN3O3S. The minimum atomic E-state index is -3.39. The Kier molecular flexibility index (Phi) is 7.34. The first-order valence-electron chi connectivity index (χ1n) is 9.03. The molecule has 8 heteroatoms. The Morgan fingerprint density at radius 3 is 2.62 bits per heavy atom. The lowest BCUT2D eigenvalue weighted by Gasteiger charge is -2.41. The molecule has 2 saturated heterocycles. The third-order valence-corrected chi connectivity index (χ3v) is 7.46. The molecule has 2 heterocycles. The summed E-state index contributed by atoms with van der Waals surface area (Å²) < 4.78 is 35.2. The molecule has 0 radical (unpaired) electrons. The fourth-order valence-corrected chi connectivity index (χ4v) is 5.95. The van der Waals surface area contributed by atoms with Crippen LogP contribution in [0.2, 0.25) is 0 Å². The van der Waals surface area contributed by atoms with Gasteiger partial charge in [-0.05, 0) is 44.1 Å². The highest BCUT2D eigenvalue weighted by atomic mass is 35.5. The lowest BCUT2D eigenvalue weighted by molar-refractivity contribution is 0.120. The third-order valence-electron chi connectivity index (χ3n) is 5.94. The number of halogens is 1. The van der Waals surface area contributed by atoms with E-state index in [0.717, 1.165) is 31.7 Å². The second-order valence-corrected chi connectivity index (χ2v) is 9.28. The first-order chi connectivity index (χ1) is 11.0. The molecule has 0 aromatic rings. The lowest BCUT2D eigenvalue weighted by atomic mass is 9.76. The van der Waals surface area contributed by atoms with Crippen LogP contribution in [0.1, 0.15) is 44.9 Å². The summed E-state index contributed by atoms with van der Waals surface area (Å²) in [4.78, 5) is 0. The van der Waals surface area contributed by atoms with E-state index in [9.17, 15) is 8.42 Å². The molecular weight excluding hydrogens is 350 g/mol. The van der Waals surface area contributed by atoms with Crippen LogP contribution in [0.4, 0.5) is 0 Å². The first-order valence-corrected chi connectivity index (χ1v) is 10.5. The van der Waals surface area contributed by atoms with E-state index < -0.39 is 10.2 Å². The van der Waals surface area contributed by atoms with E-state index in [1.165, 1.54) is 25.7 Å². The van der Waals surface area contributed by atoms with Gasteiger partial charge in [0.2, 0.25) is 0 Å². The Bertz CT molecular complexity index is 497. The third kappa shape index (κ3) is 4.62. The predicted molar refractivity (Wildman–Crippen MR) is 97.7 cm³/mol. The van der Waals surface area contributed by atoms with Gasteiger partial charge in [-0.1, -0.05) is 19.3 Å². The van der Waals surface area contributed by atoms with E-state index in [4.69, 9.17) is 4.74 Å². The van der Waals surface area contributed by atoms with Crippen LogP contribution in [0.3, 0.4) is 0 Å². The van der Waals surface area contributed by atoms with E-state index in [2.05, 4.69) is 10.0 Å². The molecule has 0 aromatic heterocycles. The Hall–Kier alpha value is 0.0800. The lowest BCUT2D eigenvalue weighted by Crippen LogP contribution is -2.56. The van der Waals surface area contributed by atoms with Crippen molar-refractivity contribution in [3.8, 4) is 0 Å². The largest absolute Gasteiger partial charge is 0.383 e. The Morgan fingerprint density at radius 1 is 1.21 bits per heavy atom. The SMILES string of the molecule is COCC1(CNS(=O)(=O)N2CCC3CCCCC3C2)CCCN1.Cl. The number of rotatable bonds is 6.